The number of benzene rings is 1. The molecule has 18 heavy (non-hydrogen) atoms. The Morgan fingerprint density at radius 2 is 1.94 bits per heavy atom. The van der Waals surface area contributed by atoms with E-state index < -0.39 is 0 Å². The van der Waals surface area contributed by atoms with Gasteiger partial charge in [-0.25, -0.2) is 4.39 Å². The summed E-state index contributed by atoms with van der Waals surface area (Å²) in [6.45, 7) is 3.04. The predicted octanol–water partition coefficient (Wildman–Crippen LogP) is 4.63. The van der Waals surface area contributed by atoms with E-state index in [4.69, 9.17) is 11.6 Å². The standard InChI is InChI=1S/C14H15ClFNS/c1-2-9-17-14(12-7-8-13(15)18-12)10-3-5-11(16)6-4-10/h3-8,14,17H,2,9H2,1H3. The van der Waals surface area contributed by atoms with Crippen molar-refractivity contribution in [2.45, 2.75) is 19.4 Å². The Labute approximate surface area is 116 Å². The van der Waals surface area contributed by atoms with Crippen LogP contribution in [0.2, 0.25) is 4.34 Å². The Hall–Kier alpha value is -0.900. The fourth-order valence-electron chi connectivity index (χ4n) is 1.81. The fourth-order valence-corrected chi connectivity index (χ4v) is 2.97. The van der Waals surface area contributed by atoms with Crippen LogP contribution in [0.3, 0.4) is 0 Å². The molecule has 0 saturated heterocycles. The van der Waals surface area contributed by atoms with Gasteiger partial charge in [-0.05, 0) is 42.8 Å². The molecule has 1 heterocycles. The second kappa shape index (κ2) is 6.32. The summed E-state index contributed by atoms with van der Waals surface area (Å²) < 4.78 is 13.7. The van der Waals surface area contributed by atoms with Gasteiger partial charge in [-0.15, -0.1) is 11.3 Å². The summed E-state index contributed by atoms with van der Waals surface area (Å²) in [4.78, 5) is 1.15. The summed E-state index contributed by atoms with van der Waals surface area (Å²) in [5, 5.41) is 3.46. The summed E-state index contributed by atoms with van der Waals surface area (Å²) in [6, 6.07) is 10.6. The van der Waals surface area contributed by atoms with Gasteiger partial charge in [-0.1, -0.05) is 30.7 Å². The lowest BCUT2D eigenvalue weighted by atomic mass is 10.1. The molecule has 2 rings (SSSR count). The van der Waals surface area contributed by atoms with Crippen LogP contribution in [0.4, 0.5) is 4.39 Å². The van der Waals surface area contributed by atoms with Gasteiger partial charge in [0.15, 0.2) is 0 Å². The molecule has 0 saturated carbocycles. The smallest absolute Gasteiger partial charge is 0.123 e. The normalized spacial score (nSPS) is 12.6. The Morgan fingerprint density at radius 1 is 1.22 bits per heavy atom. The maximum atomic E-state index is 13.0. The van der Waals surface area contributed by atoms with Crippen LogP contribution in [0.25, 0.3) is 0 Å². The average molecular weight is 284 g/mol. The van der Waals surface area contributed by atoms with Crippen LogP contribution in [0.1, 0.15) is 29.8 Å². The number of halogens is 2. The molecule has 1 N–H and O–H groups in total. The summed E-state index contributed by atoms with van der Waals surface area (Å²) in [5.41, 5.74) is 1.06. The maximum Gasteiger partial charge on any atom is 0.123 e. The van der Waals surface area contributed by atoms with Crippen LogP contribution < -0.4 is 5.32 Å². The molecule has 1 nitrogen and oxygen atoms in total. The highest BCUT2D eigenvalue weighted by Gasteiger charge is 2.15. The highest BCUT2D eigenvalue weighted by molar-refractivity contribution is 7.16. The van der Waals surface area contributed by atoms with Gasteiger partial charge in [-0.2, -0.15) is 0 Å². The minimum atomic E-state index is -0.211. The zero-order chi connectivity index (χ0) is 13.0. The van der Waals surface area contributed by atoms with Crippen molar-refractivity contribution in [1.29, 1.82) is 0 Å². The summed E-state index contributed by atoms with van der Waals surface area (Å²) >= 11 is 7.54. The topological polar surface area (TPSA) is 12.0 Å². The van der Waals surface area contributed by atoms with Gasteiger partial charge >= 0.3 is 0 Å². The molecule has 1 aromatic heterocycles. The van der Waals surface area contributed by atoms with Gasteiger partial charge in [0.2, 0.25) is 0 Å². The second-order valence-corrected chi connectivity index (χ2v) is 5.83. The molecular formula is C14H15ClFNS. The van der Waals surface area contributed by atoms with E-state index in [0.717, 1.165) is 27.7 Å². The lowest BCUT2D eigenvalue weighted by Crippen LogP contribution is -2.22. The Kier molecular flexibility index (Phi) is 4.75. The minimum Gasteiger partial charge on any atom is -0.306 e. The zero-order valence-corrected chi connectivity index (χ0v) is 11.7. The monoisotopic (exact) mass is 283 g/mol. The highest BCUT2D eigenvalue weighted by atomic mass is 35.5. The first-order chi connectivity index (χ1) is 8.70. The SMILES string of the molecule is CCCNC(c1ccc(F)cc1)c1ccc(Cl)s1. The van der Waals surface area contributed by atoms with Crippen molar-refractivity contribution >= 4 is 22.9 Å². The van der Waals surface area contributed by atoms with Crippen LogP contribution in [0.15, 0.2) is 36.4 Å². The molecule has 0 radical (unpaired) electrons. The molecule has 4 heteroatoms. The fraction of sp³-hybridized carbons (Fsp3) is 0.286. The van der Waals surface area contributed by atoms with Gasteiger partial charge in [0, 0.05) is 4.88 Å². The van der Waals surface area contributed by atoms with Crippen LogP contribution in [-0.4, -0.2) is 6.54 Å². The zero-order valence-electron chi connectivity index (χ0n) is 10.1. The van der Waals surface area contributed by atoms with E-state index in [1.54, 1.807) is 11.3 Å². The van der Waals surface area contributed by atoms with Gasteiger partial charge in [-0.3, -0.25) is 0 Å². The number of thiophene rings is 1. The van der Waals surface area contributed by atoms with Gasteiger partial charge in [0.05, 0.1) is 10.4 Å². The van der Waals surface area contributed by atoms with E-state index in [9.17, 15) is 4.39 Å². The number of hydrogen-bond donors (Lipinski definition) is 1. The molecule has 96 valence electrons. The van der Waals surface area contributed by atoms with Crippen molar-refractivity contribution < 1.29 is 4.39 Å². The van der Waals surface area contributed by atoms with Crippen LogP contribution >= 0.6 is 22.9 Å². The number of hydrogen-bond acceptors (Lipinski definition) is 2. The summed E-state index contributed by atoms with van der Waals surface area (Å²) in [6.07, 6.45) is 1.05. The third-order valence-corrected chi connectivity index (χ3v) is 3.98. The first-order valence-electron chi connectivity index (χ1n) is 5.94. The molecule has 0 aliphatic carbocycles. The van der Waals surface area contributed by atoms with Gasteiger partial charge < -0.3 is 5.32 Å². The molecule has 0 aliphatic rings. The number of nitrogens with one attached hydrogen (secondary N) is 1. The molecule has 1 unspecified atom stereocenters. The quantitative estimate of drug-likeness (QED) is 0.844. The van der Waals surface area contributed by atoms with Crippen molar-refractivity contribution in [1.82, 2.24) is 5.32 Å². The molecule has 0 aliphatic heterocycles. The minimum absolute atomic E-state index is 0.0862. The predicted molar refractivity (Wildman–Crippen MR) is 75.9 cm³/mol. The second-order valence-electron chi connectivity index (χ2n) is 4.08. The molecular weight excluding hydrogens is 269 g/mol. The molecule has 1 aromatic carbocycles. The largest absolute Gasteiger partial charge is 0.306 e. The van der Waals surface area contributed by atoms with Gasteiger partial charge in [0.25, 0.3) is 0 Å². The Bertz CT molecular complexity index is 495. The first-order valence-corrected chi connectivity index (χ1v) is 7.14. The van der Waals surface area contributed by atoms with E-state index in [1.807, 2.05) is 24.3 Å². The van der Waals surface area contributed by atoms with Crippen LogP contribution in [0.5, 0.6) is 0 Å². The van der Waals surface area contributed by atoms with E-state index in [0.29, 0.717) is 0 Å². The van der Waals surface area contributed by atoms with Crippen LogP contribution in [0, 0.1) is 5.82 Å². The lowest BCUT2D eigenvalue weighted by Gasteiger charge is -2.17. The molecule has 0 fully saturated rings. The van der Waals surface area contributed by atoms with Crippen molar-refractivity contribution in [3.8, 4) is 0 Å². The molecule has 1 atom stereocenters. The Balaban J connectivity index is 2.27. The van der Waals surface area contributed by atoms with E-state index in [1.165, 1.54) is 12.1 Å². The van der Waals surface area contributed by atoms with E-state index in [-0.39, 0.29) is 11.9 Å². The average Bonchev–Trinajstić information content (AvgIpc) is 2.78. The highest BCUT2D eigenvalue weighted by Crippen LogP contribution is 2.31. The van der Waals surface area contributed by atoms with E-state index in [2.05, 4.69) is 12.2 Å². The third-order valence-electron chi connectivity index (χ3n) is 2.68. The van der Waals surface area contributed by atoms with Gasteiger partial charge in [0.1, 0.15) is 5.82 Å². The van der Waals surface area contributed by atoms with Crippen LogP contribution in [-0.2, 0) is 0 Å². The summed E-state index contributed by atoms with van der Waals surface area (Å²) in [5.74, 6) is -0.211. The lowest BCUT2D eigenvalue weighted by molar-refractivity contribution is 0.599. The molecule has 2 aromatic rings. The molecule has 0 amide bonds. The van der Waals surface area contributed by atoms with E-state index >= 15 is 0 Å². The van der Waals surface area contributed by atoms with Crippen molar-refractivity contribution in [2.75, 3.05) is 6.54 Å². The molecule has 0 bridgehead atoms. The first kappa shape index (κ1) is 13.5. The van der Waals surface area contributed by atoms with Crippen molar-refractivity contribution in [3.05, 3.63) is 57.0 Å². The number of rotatable bonds is 5. The van der Waals surface area contributed by atoms with Crippen molar-refractivity contribution in [2.24, 2.45) is 0 Å². The summed E-state index contributed by atoms with van der Waals surface area (Å²) in [7, 11) is 0. The molecule has 0 spiro atoms. The van der Waals surface area contributed by atoms with Crippen molar-refractivity contribution in [3.63, 3.8) is 0 Å². The maximum absolute atomic E-state index is 13.0. The third kappa shape index (κ3) is 3.31. The Morgan fingerprint density at radius 3 is 2.50 bits per heavy atom.